The average molecular weight is 244 g/mol. The van der Waals surface area contributed by atoms with Crippen LogP contribution in [0.5, 0.6) is 5.75 Å². The van der Waals surface area contributed by atoms with E-state index in [0.717, 1.165) is 19.2 Å². The van der Waals surface area contributed by atoms with Crippen molar-refractivity contribution in [2.45, 2.75) is 6.29 Å². The minimum Gasteiger partial charge on any atom is -0.507 e. The molecule has 0 amide bonds. The SMILES string of the molecule is COC(=O)c1cc(O)c(C(OC)OC)cc1F. The van der Waals surface area contributed by atoms with E-state index in [1.165, 1.54) is 14.2 Å². The van der Waals surface area contributed by atoms with Gasteiger partial charge in [-0.3, -0.25) is 0 Å². The van der Waals surface area contributed by atoms with Gasteiger partial charge in [0.05, 0.1) is 18.2 Å². The molecule has 0 saturated carbocycles. The molecule has 1 N–H and O–H groups in total. The molecule has 0 aliphatic heterocycles. The first kappa shape index (κ1) is 13.4. The predicted octanol–water partition coefficient (Wildman–Crippen LogP) is 1.61. The van der Waals surface area contributed by atoms with Gasteiger partial charge in [-0.05, 0) is 12.1 Å². The standard InChI is InChI=1S/C11H13FO5/c1-15-10(14)6-5-9(13)7(4-8(6)12)11(16-2)17-3/h4-5,11,13H,1-3H3. The molecule has 1 aromatic carbocycles. The number of halogens is 1. The van der Waals surface area contributed by atoms with Crippen LogP contribution in [0.15, 0.2) is 12.1 Å². The summed E-state index contributed by atoms with van der Waals surface area (Å²) in [6, 6.07) is 1.95. The Balaban J connectivity index is 3.22. The summed E-state index contributed by atoms with van der Waals surface area (Å²) in [6.45, 7) is 0. The molecular weight excluding hydrogens is 231 g/mol. The van der Waals surface area contributed by atoms with Crippen LogP contribution in [0, 0.1) is 5.82 Å². The molecule has 1 rings (SSSR count). The summed E-state index contributed by atoms with van der Waals surface area (Å²) < 4.78 is 27.7. The number of aromatic hydroxyl groups is 1. The van der Waals surface area contributed by atoms with Crippen LogP contribution in [0.25, 0.3) is 0 Å². The second-order valence-electron chi connectivity index (χ2n) is 3.19. The molecule has 0 heterocycles. The summed E-state index contributed by atoms with van der Waals surface area (Å²) in [5, 5.41) is 9.66. The summed E-state index contributed by atoms with van der Waals surface area (Å²) in [5.41, 5.74) is -0.250. The molecule has 1 aromatic rings. The lowest BCUT2D eigenvalue weighted by Gasteiger charge is -2.15. The molecule has 0 aliphatic rings. The number of ether oxygens (including phenoxy) is 3. The third-order valence-corrected chi connectivity index (χ3v) is 2.20. The predicted molar refractivity (Wildman–Crippen MR) is 56.2 cm³/mol. The number of hydrogen-bond donors (Lipinski definition) is 1. The summed E-state index contributed by atoms with van der Waals surface area (Å²) >= 11 is 0. The normalized spacial score (nSPS) is 10.6. The summed E-state index contributed by atoms with van der Waals surface area (Å²) in [5.74, 6) is -1.99. The van der Waals surface area contributed by atoms with Crippen LogP contribution in [-0.4, -0.2) is 32.4 Å². The van der Waals surface area contributed by atoms with Gasteiger partial charge in [-0.15, -0.1) is 0 Å². The topological polar surface area (TPSA) is 65.0 Å². The number of carbonyl (C=O) groups excluding carboxylic acids is 1. The van der Waals surface area contributed by atoms with Crippen molar-refractivity contribution in [3.63, 3.8) is 0 Å². The van der Waals surface area contributed by atoms with Crippen LogP contribution in [-0.2, 0) is 14.2 Å². The smallest absolute Gasteiger partial charge is 0.340 e. The maximum atomic E-state index is 13.6. The fourth-order valence-corrected chi connectivity index (χ4v) is 1.38. The molecule has 0 bridgehead atoms. The largest absolute Gasteiger partial charge is 0.507 e. The third-order valence-electron chi connectivity index (χ3n) is 2.20. The van der Waals surface area contributed by atoms with Crippen LogP contribution in [0.3, 0.4) is 0 Å². The molecule has 6 heteroatoms. The number of phenolic OH excluding ortho intramolecular Hbond substituents is 1. The number of esters is 1. The van der Waals surface area contributed by atoms with E-state index in [4.69, 9.17) is 9.47 Å². The Morgan fingerprint density at radius 2 is 1.88 bits per heavy atom. The van der Waals surface area contributed by atoms with Gasteiger partial charge in [-0.25, -0.2) is 9.18 Å². The van der Waals surface area contributed by atoms with Crippen molar-refractivity contribution < 1.29 is 28.5 Å². The summed E-state index contributed by atoms with van der Waals surface area (Å²) in [6.07, 6.45) is -0.906. The first-order valence-corrected chi connectivity index (χ1v) is 4.71. The van der Waals surface area contributed by atoms with E-state index in [1.54, 1.807) is 0 Å². The number of carbonyl (C=O) groups is 1. The van der Waals surface area contributed by atoms with E-state index in [9.17, 15) is 14.3 Å². The highest BCUT2D eigenvalue weighted by atomic mass is 19.1. The van der Waals surface area contributed by atoms with Gasteiger partial charge in [-0.1, -0.05) is 0 Å². The molecule has 0 radical (unpaired) electrons. The quantitative estimate of drug-likeness (QED) is 0.644. The minimum atomic E-state index is -0.906. The van der Waals surface area contributed by atoms with Gasteiger partial charge in [0.2, 0.25) is 0 Å². The van der Waals surface area contributed by atoms with Crippen molar-refractivity contribution in [1.29, 1.82) is 0 Å². The molecule has 0 aliphatic carbocycles. The highest BCUT2D eigenvalue weighted by Crippen LogP contribution is 2.29. The van der Waals surface area contributed by atoms with E-state index >= 15 is 0 Å². The molecule has 0 saturated heterocycles. The third kappa shape index (κ3) is 2.72. The Labute approximate surface area is 97.7 Å². The lowest BCUT2D eigenvalue weighted by Crippen LogP contribution is -2.09. The fraction of sp³-hybridized carbons (Fsp3) is 0.364. The van der Waals surface area contributed by atoms with Crippen molar-refractivity contribution >= 4 is 5.97 Å². The van der Waals surface area contributed by atoms with Gasteiger partial charge in [0.1, 0.15) is 11.6 Å². The maximum absolute atomic E-state index is 13.6. The molecule has 0 aromatic heterocycles. The zero-order valence-corrected chi connectivity index (χ0v) is 9.69. The number of benzene rings is 1. The maximum Gasteiger partial charge on any atom is 0.340 e. The van der Waals surface area contributed by atoms with Gasteiger partial charge in [0.15, 0.2) is 6.29 Å². The zero-order valence-electron chi connectivity index (χ0n) is 9.69. The molecule has 0 atom stereocenters. The Morgan fingerprint density at radius 1 is 1.29 bits per heavy atom. The van der Waals surface area contributed by atoms with E-state index in [1.807, 2.05) is 0 Å². The van der Waals surface area contributed by atoms with E-state index < -0.39 is 18.1 Å². The van der Waals surface area contributed by atoms with Crippen LogP contribution < -0.4 is 0 Å². The van der Waals surface area contributed by atoms with Gasteiger partial charge < -0.3 is 19.3 Å². The van der Waals surface area contributed by atoms with Crippen LogP contribution in [0.2, 0.25) is 0 Å². The van der Waals surface area contributed by atoms with Crippen LogP contribution in [0.1, 0.15) is 22.2 Å². The second kappa shape index (κ2) is 5.60. The van der Waals surface area contributed by atoms with Crippen molar-refractivity contribution in [1.82, 2.24) is 0 Å². The monoisotopic (exact) mass is 244 g/mol. The minimum absolute atomic E-state index is 0.0974. The van der Waals surface area contributed by atoms with Crippen LogP contribution in [0.4, 0.5) is 4.39 Å². The van der Waals surface area contributed by atoms with Crippen molar-refractivity contribution in [2.75, 3.05) is 21.3 Å². The van der Waals surface area contributed by atoms with Crippen molar-refractivity contribution in [3.8, 4) is 5.75 Å². The highest BCUT2D eigenvalue weighted by Gasteiger charge is 2.20. The zero-order chi connectivity index (χ0) is 13.0. The number of methoxy groups -OCH3 is 3. The van der Waals surface area contributed by atoms with Crippen molar-refractivity contribution in [2.24, 2.45) is 0 Å². The van der Waals surface area contributed by atoms with Crippen LogP contribution >= 0.6 is 0 Å². The lowest BCUT2D eigenvalue weighted by atomic mass is 10.1. The number of phenols is 1. The molecule has 0 spiro atoms. The molecule has 94 valence electrons. The average Bonchev–Trinajstić information content (AvgIpc) is 2.33. The Bertz CT molecular complexity index is 415. The first-order valence-electron chi connectivity index (χ1n) is 4.71. The van der Waals surface area contributed by atoms with Gasteiger partial charge in [0.25, 0.3) is 0 Å². The molecular formula is C11H13FO5. The molecule has 17 heavy (non-hydrogen) atoms. The Morgan fingerprint density at radius 3 is 2.35 bits per heavy atom. The van der Waals surface area contributed by atoms with Gasteiger partial charge >= 0.3 is 5.97 Å². The van der Waals surface area contributed by atoms with E-state index in [0.29, 0.717) is 0 Å². The lowest BCUT2D eigenvalue weighted by molar-refractivity contribution is -0.107. The van der Waals surface area contributed by atoms with Gasteiger partial charge in [0, 0.05) is 14.2 Å². The van der Waals surface area contributed by atoms with Crippen molar-refractivity contribution in [3.05, 3.63) is 29.1 Å². The molecule has 0 fully saturated rings. The molecule has 5 nitrogen and oxygen atoms in total. The van der Waals surface area contributed by atoms with E-state index in [2.05, 4.69) is 4.74 Å². The highest BCUT2D eigenvalue weighted by molar-refractivity contribution is 5.90. The fourth-order valence-electron chi connectivity index (χ4n) is 1.38. The number of rotatable bonds is 4. The van der Waals surface area contributed by atoms with E-state index in [-0.39, 0.29) is 16.9 Å². The van der Waals surface area contributed by atoms with Gasteiger partial charge in [-0.2, -0.15) is 0 Å². The second-order valence-corrected chi connectivity index (χ2v) is 3.19. The summed E-state index contributed by atoms with van der Waals surface area (Å²) in [7, 11) is 3.82. The Kier molecular flexibility index (Phi) is 4.42. The number of hydrogen-bond acceptors (Lipinski definition) is 5. The Hall–Kier alpha value is -1.66. The molecule has 0 unspecified atom stereocenters. The summed E-state index contributed by atoms with van der Waals surface area (Å²) in [4.78, 5) is 11.2. The first-order chi connectivity index (χ1) is 8.04.